The Morgan fingerprint density at radius 1 is 0.280 bits per heavy atom. The lowest BCUT2D eigenvalue weighted by Crippen LogP contribution is -2.30. The highest BCUT2D eigenvalue weighted by atomic mass is 31.2. The minimum absolute atomic E-state index is 0.0418. The van der Waals surface area contributed by atoms with Gasteiger partial charge in [-0.3, -0.25) is 37.3 Å². The highest BCUT2D eigenvalue weighted by Crippen LogP contribution is 2.45. The average molecular weight is 1450 g/mol. The van der Waals surface area contributed by atoms with Crippen molar-refractivity contribution in [3.63, 3.8) is 0 Å². The maximum Gasteiger partial charge on any atom is 0.472 e. The van der Waals surface area contributed by atoms with E-state index in [0.29, 0.717) is 32.1 Å². The normalized spacial score (nSPS) is 14.5. The summed E-state index contributed by atoms with van der Waals surface area (Å²) in [5.74, 6) is -2.26. The SMILES string of the molecule is CCCCCC=CCC=CCC=CCCCCC(=O)O[C@H](COC(=O)CCCCCCCC=CCC=CCCCCC)COP(=O)(O)OCC(O)COP(=O)(O)OC[C@@H](COC(=O)CCCCCCCC=CCC=CCCCCC)OC(=O)CCCCCCCC=CCC=CCCCCC. The second kappa shape index (κ2) is 73.0. The number of hydrogen-bond acceptors (Lipinski definition) is 15. The van der Waals surface area contributed by atoms with Gasteiger partial charge in [-0.2, -0.15) is 0 Å². The summed E-state index contributed by atoms with van der Waals surface area (Å²) in [4.78, 5) is 72.9. The molecule has 0 heterocycles. The quantitative estimate of drug-likeness (QED) is 0.0169. The Labute approximate surface area is 607 Å². The molecular formula is C81H140O17P2. The van der Waals surface area contributed by atoms with Crippen LogP contribution in [0, 0.1) is 0 Å². The molecule has 0 aliphatic heterocycles. The Morgan fingerprint density at radius 3 is 0.770 bits per heavy atom. The summed E-state index contributed by atoms with van der Waals surface area (Å²) >= 11 is 0. The first-order valence-electron chi connectivity index (χ1n) is 39.1. The van der Waals surface area contributed by atoms with Crippen LogP contribution in [0.5, 0.6) is 0 Å². The summed E-state index contributed by atoms with van der Waals surface area (Å²) in [6, 6.07) is 0. The molecule has 576 valence electrons. The van der Waals surface area contributed by atoms with E-state index >= 15 is 0 Å². The molecule has 0 spiro atoms. The van der Waals surface area contributed by atoms with E-state index in [0.717, 1.165) is 161 Å². The van der Waals surface area contributed by atoms with Gasteiger partial charge >= 0.3 is 39.5 Å². The first-order valence-corrected chi connectivity index (χ1v) is 42.1. The average Bonchev–Trinajstić information content (AvgIpc) is 1.25. The fourth-order valence-corrected chi connectivity index (χ4v) is 11.7. The molecule has 0 fully saturated rings. The summed E-state index contributed by atoms with van der Waals surface area (Å²) in [6.07, 6.45) is 77.8. The maximum absolute atomic E-state index is 13.1. The molecular weight excluding hydrogens is 1310 g/mol. The molecule has 0 rings (SSSR count). The van der Waals surface area contributed by atoms with Gasteiger partial charge in [0, 0.05) is 25.7 Å². The third-order valence-electron chi connectivity index (χ3n) is 16.2. The zero-order chi connectivity index (χ0) is 73.2. The first kappa shape index (κ1) is 95.7. The number of phosphoric acid groups is 2. The van der Waals surface area contributed by atoms with E-state index in [1.54, 1.807) is 0 Å². The minimum Gasteiger partial charge on any atom is -0.462 e. The van der Waals surface area contributed by atoms with E-state index in [1.807, 2.05) is 0 Å². The lowest BCUT2D eigenvalue weighted by Gasteiger charge is -2.21. The van der Waals surface area contributed by atoms with E-state index in [1.165, 1.54) is 77.0 Å². The van der Waals surface area contributed by atoms with Gasteiger partial charge < -0.3 is 33.8 Å². The fourth-order valence-electron chi connectivity index (χ4n) is 10.1. The van der Waals surface area contributed by atoms with Crippen LogP contribution in [-0.2, 0) is 65.4 Å². The van der Waals surface area contributed by atoms with E-state index in [-0.39, 0.29) is 25.7 Å². The molecule has 19 heteroatoms. The van der Waals surface area contributed by atoms with Crippen LogP contribution in [0.2, 0.25) is 0 Å². The molecule has 0 amide bonds. The summed E-state index contributed by atoms with van der Waals surface area (Å²) < 4.78 is 68.5. The summed E-state index contributed by atoms with van der Waals surface area (Å²) in [5.41, 5.74) is 0. The Kier molecular flexibility index (Phi) is 69.9. The molecule has 0 aromatic rings. The molecule has 3 N–H and O–H groups in total. The smallest absolute Gasteiger partial charge is 0.462 e. The summed E-state index contributed by atoms with van der Waals surface area (Å²) in [6.45, 7) is 4.69. The van der Waals surface area contributed by atoms with Gasteiger partial charge in [0.05, 0.1) is 26.4 Å². The van der Waals surface area contributed by atoms with Crippen molar-refractivity contribution in [2.24, 2.45) is 0 Å². The topological polar surface area (TPSA) is 237 Å². The number of phosphoric ester groups is 2. The third kappa shape index (κ3) is 72.1. The molecule has 100 heavy (non-hydrogen) atoms. The zero-order valence-electron chi connectivity index (χ0n) is 62.8. The van der Waals surface area contributed by atoms with Crippen molar-refractivity contribution in [1.82, 2.24) is 0 Å². The lowest BCUT2D eigenvalue weighted by molar-refractivity contribution is -0.161. The van der Waals surface area contributed by atoms with Crippen LogP contribution < -0.4 is 0 Å². The van der Waals surface area contributed by atoms with Crippen molar-refractivity contribution in [2.45, 2.75) is 341 Å². The number of aliphatic hydroxyl groups is 1. The van der Waals surface area contributed by atoms with Crippen LogP contribution in [0.3, 0.4) is 0 Å². The van der Waals surface area contributed by atoms with E-state index in [9.17, 15) is 43.2 Å². The standard InChI is InChI=1S/C81H140O17P2/c1-5-9-13-17-21-25-29-33-37-41-45-49-53-57-61-65-78(83)91-71-76(97-80(85)67-63-59-55-51-47-43-39-35-31-27-23-19-15-11-7-3)73-95-99(87,88)93-69-75(82)70-94-100(89,90)96-74-77(98-81(86)68-64-60-56-52-48-44-40-36-32-28-24-20-16-12-8-4)72-92-79(84)66-62-58-54-50-46-42-38-34-30-26-22-18-14-10-6-2/h21-28,33-40,47,51,75-77,82H,5-20,29-32,41-46,48-50,52-74H2,1-4H3,(H,87,88)(H,89,90)/t75?,76-,77-/m1/s1. The van der Waals surface area contributed by atoms with Gasteiger partial charge in [-0.1, -0.05) is 246 Å². The molecule has 3 unspecified atom stereocenters. The number of esters is 4. The minimum atomic E-state index is -4.99. The number of aliphatic hydroxyl groups excluding tert-OH is 1. The van der Waals surface area contributed by atoms with Gasteiger partial charge in [0.15, 0.2) is 12.2 Å². The number of carbonyl (C=O) groups is 4. The van der Waals surface area contributed by atoms with Crippen molar-refractivity contribution in [2.75, 3.05) is 39.6 Å². The van der Waals surface area contributed by atoms with Gasteiger partial charge in [-0.05, 0) is 161 Å². The van der Waals surface area contributed by atoms with E-state index in [2.05, 4.69) is 137 Å². The second-order valence-corrected chi connectivity index (χ2v) is 28.8. The van der Waals surface area contributed by atoms with Gasteiger partial charge in [0.2, 0.25) is 0 Å². The summed E-state index contributed by atoms with van der Waals surface area (Å²) in [7, 11) is -9.98. The zero-order valence-corrected chi connectivity index (χ0v) is 64.6. The molecule has 0 aliphatic carbocycles. The van der Waals surface area contributed by atoms with Crippen molar-refractivity contribution in [1.29, 1.82) is 0 Å². The number of allylic oxidation sites excluding steroid dienone is 18. The number of carbonyl (C=O) groups excluding carboxylic acids is 4. The molecule has 0 saturated carbocycles. The van der Waals surface area contributed by atoms with Crippen molar-refractivity contribution in [3.8, 4) is 0 Å². The van der Waals surface area contributed by atoms with Crippen molar-refractivity contribution in [3.05, 3.63) is 109 Å². The highest BCUT2D eigenvalue weighted by Gasteiger charge is 2.30. The summed E-state index contributed by atoms with van der Waals surface area (Å²) in [5, 5.41) is 10.6. The Morgan fingerprint density at radius 2 is 0.490 bits per heavy atom. The maximum atomic E-state index is 13.1. The van der Waals surface area contributed by atoms with Gasteiger partial charge in [-0.15, -0.1) is 0 Å². The molecule has 0 aliphatic rings. The van der Waals surface area contributed by atoms with Crippen LogP contribution in [-0.4, -0.2) is 96.7 Å². The van der Waals surface area contributed by atoms with Crippen LogP contribution in [0.25, 0.3) is 0 Å². The monoisotopic (exact) mass is 1450 g/mol. The van der Waals surface area contributed by atoms with Gasteiger partial charge in [-0.25, -0.2) is 9.13 Å². The van der Waals surface area contributed by atoms with Crippen molar-refractivity contribution < 1.29 is 80.2 Å². The molecule has 0 aromatic carbocycles. The van der Waals surface area contributed by atoms with Crippen LogP contribution in [0.15, 0.2) is 109 Å². The first-order chi connectivity index (χ1) is 48.7. The highest BCUT2D eigenvalue weighted by molar-refractivity contribution is 7.47. The molecule has 0 aromatic heterocycles. The van der Waals surface area contributed by atoms with E-state index in [4.69, 9.17) is 37.0 Å². The fraction of sp³-hybridized carbons (Fsp3) is 0.728. The predicted molar refractivity (Wildman–Crippen MR) is 408 cm³/mol. The number of unbranched alkanes of at least 4 members (excludes halogenated alkanes) is 29. The number of ether oxygens (including phenoxy) is 4. The molecule has 17 nitrogen and oxygen atoms in total. The molecule has 0 saturated heterocycles. The third-order valence-corrected chi connectivity index (χ3v) is 18.1. The van der Waals surface area contributed by atoms with Crippen molar-refractivity contribution >= 4 is 39.5 Å². The Hall–Kier alpha value is -4.28. The molecule has 5 atom stereocenters. The van der Waals surface area contributed by atoms with E-state index < -0.39 is 97.5 Å². The predicted octanol–water partition coefficient (Wildman–Crippen LogP) is 22.6. The van der Waals surface area contributed by atoms with Crippen LogP contribution >= 0.6 is 15.6 Å². The van der Waals surface area contributed by atoms with Crippen LogP contribution in [0.1, 0.15) is 323 Å². The largest absolute Gasteiger partial charge is 0.472 e. The van der Waals surface area contributed by atoms with Gasteiger partial charge in [0.25, 0.3) is 0 Å². The molecule has 0 radical (unpaired) electrons. The Balaban J connectivity index is 5.42. The number of rotatable bonds is 73. The Bertz CT molecular complexity index is 2320. The second-order valence-electron chi connectivity index (χ2n) is 25.9. The number of hydrogen-bond donors (Lipinski definition) is 3. The van der Waals surface area contributed by atoms with Crippen LogP contribution in [0.4, 0.5) is 0 Å². The van der Waals surface area contributed by atoms with Gasteiger partial charge in [0.1, 0.15) is 19.3 Å². The molecule has 0 bridgehead atoms. The lowest BCUT2D eigenvalue weighted by atomic mass is 10.1.